The molecule has 13 heavy (non-hydrogen) atoms. The summed E-state index contributed by atoms with van der Waals surface area (Å²) in [6, 6.07) is 5.58. The lowest BCUT2D eigenvalue weighted by atomic mass is 10.1. The number of carbonyl (C=O) groups is 1. The van der Waals surface area contributed by atoms with E-state index in [1.165, 1.54) is 0 Å². The number of halogens is 1. The van der Waals surface area contributed by atoms with E-state index in [0.29, 0.717) is 12.3 Å². The second kappa shape index (κ2) is 4.87. The molecule has 1 rings (SSSR count). The Morgan fingerprint density at radius 2 is 2.31 bits per heavy atom. The molecule has 0 aromatic heterocycles. The van der Waals surface area contributed by atoms with Crippen LogP contribution in [0, 0.1) is 0 Å². The van der Waals surface area contributed by atoms with Crippen LogP contribution in [0.3, 0.4) is 0 Å². The Kier molecular flexibility index (Phi) is 3.77. The number of hydrogen-bond acceptors (Lipinski definition) is 2. The maximum absolute atomic E-state index is 10.3. The van der Waals surface area contributed by atoms with Crippen LogP contribution in [-0.4, -0.2) is 13.4 Å². The van der Waals surface area contributed by atoms with E-state index in [0.717, 1.165) is 23.2 Å². The molecule has 0 spiro atoms. The van der Waals surface area contributed by atoms with Crippen molar-refractivity contribution >= 4 is 17.9 Å². The van der Waals surface area contributed by atoms with Gasteiger partial charge in [-0.05, 0) is 11.6 Å². The third kappa shape index (κ3) is 2.46. The minimum absolute atomic E-state index is 0.399. The highest BCUT2D eigenvalue weighted by atomic mass is 35.5. The van der Waals surface area contributed by atoms with Crippen molar-refractivity contribution in [1.29, 1.82) is 0 Å². The molecule has 0 heterocycles. The van der Waals surface area contributed by atoms with Gasteiger partial charge in [-0.1, -0.05) is 12.1 Å². The average Bonchev–Trinajstić information content (AvgIpc) is 2.18. The monoisotopic (exact) mass is 198 g/mol. The summed E-state index contributed by atoms with van der Waals surface area (Å²) in [4.78, 5) is 10.3. The Labute approximate surface area is 82.5 Å². The molecule has 0 bridgehead atoms. The van der Waals surface area contributed by atoms with Gasteiger partial charge in [0.05, 0.1) is 13.0 Å². The van der Waals surface area contributed by atoms with Crippen LogP contribution in [0.5, 0.6) is 5.75 Å². The van der Waals surface area contributed by atoms with E-state index in [9.17, 15) is 4.79 Å². The Morgan fingerprint density at radius 1 is 1.54 bits per heavy atom. The Morgan fingerprint density at radius 3 is 2.85 bits per heavy atom. The zero-order chi connectivity index (χ0) is 9.68. The lowest BCUT2D eigenvalue weighted by Crippen LogP contribution is -1.92. The minimum Gasteiger partial charge on any atom is -0.496 e. The maximum atomic E-state index is 10.3. The predicted molar refractivity (Wildman–Crippen MR) is 52.3 cm³/mol. The lowest BCUT2D eigenvalue weighted by molar-refractivity contribution is -0.107. The molecule has 0 radical (unpaired) electrons. The van der Waals surface area contributed by atoms with Crippen LogP contribution >= 0.6 is 11.6 Å². The summed E-state index contributed by atoms with van der Waals surface area (Å²) in [5, 5.41) is 0. The molecule has 0 unspecified atom stereocenters. The molecule has 3 heteroatoms. The molecule has 0 amide bonds. The van der Waals surface area contributed by atoms with Crippen molar-refractivity contribution in [1.82, 2.24) is 0 Å². The average molecular weight is 199 g/mol. The zero-order valence-corrected chi connectivity index (χ0v) is 8.17. The zero-order valence-electron chi connectivity index (χ0n) is 7.42. The summed E-state index contributed by atoms with van der Waals surface area (Å²) in [6.45, 7) is 0. The highest BCUT2D eigenvalue weighted by molar-refractivity contribution is 6.17. The molecular formula is C10H11ClO2. The van der Waals surface area contributed by atoms with E-state index in [-0.39, 0.29) is 0 Å². The third-order valence-electron chi connectivity index (χ3n) is 1.81. The number of aldehydes is 1. The number of ether oxygens (including phenoxy) is 1. The number of hydrogen-bond donors (Lipinski definition) is 0. The largest absolute Gasteiger partial charge is 0.496 e. The second-order valence-electron chi connectivity index (χ2n) is 2.65. The highest BCUT2D eigenvalue weighted by Crippen LogP contribution is 2.21. The Balaban J connectivity index is 2.98. The maximum Gasteiger partial charge on any atom is 0.124 e. The van der Waals surface area contributed by atoms with Gasteiger partial charge < -0.3 is 9.53 Å². The van der Waals surface area contributed by atoms with Crippen molar-refractivity contribution < 1.29 is 9.53 Å². The van der Waals surface area contributed by atoms with Gasteiger partial charge in [-0.2, -0.15) is 0 Å². The van der Waals surface area contributed by atoms with Gasteiger partial charge in [-0.3, -0.25) is 0 Å². The number of methoxy groups -OCH3 is 1. The molecule has 0 fully saturated rings. The molecule has 70 valence electrons. The molecule has 0 N–H and O–H groups in total. The van der Waals surface area contributed by atoms with Crippen molar-refractivity contribution in [3.8, 4) is 5.75 Å². The fourth-order valence-electron chi connectivity index (χ4n) is 1.16. The molecule has 1 aromatic rings. The van der Waals surface area contributed by atoms with Gasteiger partial charge in [-0.25, -0.2) is 0 Å². The van der Waals surface area contributed by atoms with Crippen LogP contribution in [0.2, 0.25) is 0 Å². The number of carbonyl (C=O) groups excluding carboxylic acids is 1. The molecule has 1 aromatic carbocycles. The normalized spacial score (nSPS) is 9.69. The summed E-state index contributed by atoms with van der Waals surface area (Å²) >= 11 is 5.71. The molecule has 0 saturated carbocycles. The van der Waals surface area contributed by atoms with Crippen LogP contribution in [-0.2, 0) is 17.1 Å². The molecule has 2 nitrogen and oxygen atoms in total. The van der Waals surface area contributed by atoms with Crippen LogP contribution in [0.1, 0.15) is 11.1 Å². The first-order valence-electron chi connectivity index (χ1n) is 3.97. The van der Waals surface area contributed by atoms with Gasteiger partial charge in [-0.15, -0.1) is 11.6 Å². The molecule has 0 aliphatic carbocycles. The van der Waals surface area contributed by atoms with Crippen molar-refractivity contribution in [2.24, 2.45) is 0 Å². The van der Waals surface area contributed by atoms with E-state index in [4.69, 9.17) is 16.3 Å². The van der Waals surface area contributed by atoms with Crippen LogP contribution in [0.25, 0.3) is 0 Å². The van der Waals surface area contributed by atoms with E-state index < -0.39 is 0 Å². The van der Waals surface area contributed by atoms with Gasteiger partial charge in [0.1, 0.15) is 12.0 Å². The lowest BCUT2D eigenvalue weighted by Gasteiger charge is -2.06. The molecule has 0 saturated heterocycles. The number of alkyl halides is 1. The standard InChI is InChI=1S/C10H11ClO2/c1-13-10-3-2-8(4-5-12)6-9(10)7-11/h2-3,5-6H,4,7H2,1H3. The smallest absolute Gasteiger partial charge is 0.124 e. The summed E-state index contributed by atoms with van der Waals surface area (Å²) in [7, 11) is 1.60. The fourth-order valence-corrected chi connectivity index (χ4v) is 1.37. The van der Waals surface area contributed by atoms with E-state index in [2.05, 4.69) is 0 Å². The summed E-state index contributed by atoms with van der Waals surface area (Å²) in [5.74, 6) is 1.17. The van der Waals surface area contributed by atoms with Crippen LogP contribution in [0.4, 0.5) is 0 Å². The number of rotatable bonds is 4. The topological polar surface area (TPSA) is 26.3 Å². The van der Waals surface area contributed by atoms with Crippen molar-refractivity contribution in [2.45, 2.75) is 12.3 Å². The SMILES string of the molecule is COc1ccc(CC=O)cc1CCl. The van der Waals surface area contributed by atoms with E-state index in [1.807, 2.05) is 18.2 Å². The fraction of sp³-hybridized carbons (Fsp3) is 0.300. The van der Waals surface area contributed by atoms with Gasteiger partial charge in [0.25, 0.3) is 0 Å². The van der Waals surface area contributed by atoms with Crippen LogP contribution < -0.4 is 4.74 Å². The first-order valence-corrected chi connectivity index (χ1v) is 4.50. The predicted octanol–water partition coefficient (Wildman–Crippen LogP) is 2.18. The molecule has 0 aliphatic heterocycles. The van der Waals surface area contributed by atoms with Crippen molar-refractivity contribution in [3.05, 3.63) is 29.3 Å². The van der Waals surface area contributed by atoms with Gasteiger partial charge >= 0.3 is 0 Å². The molecule has 0 atom stereocenters. The van der Waals surface area contributed by atoms with E-state index >= 15 is 0 Å². The quantitative estimate of drug-likeness (QED) is 0.548. The number of benzene rings is 1. The van der Waals surface area contributed by atoms with Crippen LogP contribution in [0.15, 0.2) is 18.2 Å². The highest BCUT2D eigenvalue weighted by Gasteiger charge is 2.02. The first-order chi connectivity index (χ1) is 6.31. The second-order valence-corrected chi connectivity index (χ2v) is 2.92. The van der Waals surface area contributed by atoms with Gasteiger partial charge in [0.15, 0.2) is 0 Å². The molecular weight excluding hydrogens is 188 g/mol. The van der Waals surface area contributed by atoms with E-state index in [1.54, 1.807) is 7.11 Å². The van der Waals surface area contributed by atoms with Crippen molar-refractivity contribution in [2.75, 3.05) is 7.11 Å². The Hall–Kier alpha value is -1.02. The summed E-state index contributed by atoms with van der Waals surface area (Å²) < 4.78 is 5.10. The Bertz CT molecular complexity index is 297. The molecule has 0 aliphatic rings. The van der Waals surface area contributed by atoms with Crippen molar-refractivity contribution in [3.63, 3.8) is 0 Å². The summed E-state index contributed by atoms with van der Waals surface area (Å²) in [5.41, 5.74) is 1.88. The summed E-state index contributed by atoms with van der Waals surface area (Å²) in [6.07, 6.45) is 1.30. The van der Waals surface area contributed by atoms with Gasteiger partial charge in [0, 0.05) is 12.0 Å². The first kappa shape index (κ1) is 10.1. The third-order valence-corrected chi connectivity index (χ3v) is 2.10. The van der Waals surface area contributed by atoms with Gasteiger partial charge in [0.2, 0.25) is 0 Å². The minimum atomic E-state index is 0.399.